The molecule has 0 unspecified atom stereocenters. The Balaban J connectivity index is 3.15. The van der Waals surface area contributed by atoms with Crippen LogP contribution in [0.2, 0.25) is 0 Å². The van der Waals surface area contributed by atoms with Crippen molar-refractivity contribution in [3.8, 4) is 11.5 Å². The Bertz CT molecular complexity index is 418. The van der Waals surface area contributed by atoms with Gasteiger partial charge in [-0.3, -0.25) is 0 Å². The van der Waals surface area contributed by atoms with Gasteiger partial charge in [-0.25, -0.2) is 4.79 Å². The van der Waals surface area contributed by atoms with Gasteiger partial charge in [0.25, 0.3) is 0 Å². The third-order valence-corrected chi connectivity index (χ3v) is 2.21. The fourth-order valence-corrected chi connectivity index (χ4v) is 1.50. The van der Waals surface area contributed by atoms with Crippen molar-refractivity contribution in [2.45, 2.75) is 20.8 Å². The Morgan fingerprint density at radius 2 is 1.67 bits per heavy atom. The van der Waals surface area contributed by atoms with Crippen LogP contribution >= 0.6 is 0 Å². The molecule has 0 bridgehead atoms. The lowest BCUT2D eigenvalue weighted by Gasteiger charge is -2.13. The van der Waals surface area contributed by atoms with Crippen molar-refractivity contribution in [2.75, 3.05) is 25.6 Å². The standard InChI is InChI=1S/C13H19NO4/c1-4-16-11-8-12(17-5-2)10(14)7-9(11)13(15)18-6-3/h7-8H,4-6,14H2,1-3H3. The smallest absolute Gasteiger partial charge is 0.341 e. The molecular formula is C13H19NO4. The van der Waals surface area contributed by atoms with E-state index in [4.69, 9.17) is 19.9 Å². The van der Waals surface area contributed by atoms with E-state index in [1.54, 1.807) is 13.0 Å². The highest BCUT2D eigenvalue weighted by Crippen LogP contribution is 2.31. The highest BCUT2D eigenvalue weighted by Gasteiger charge is 2.17. The summed E-state index contributed by atoms with van der Waals surface area (Å²) in [6.45, 7) is 6.69. The number of nitrogens with two attached hydrogens (primary N) is 1. The van der Waals surface area contributed by atoms with Gasteiger partial charge in [0.15, 0.2) is 0 Å². The minimum Gasteiger partial charge on any atom is -0.493 e. The predicted octanol–water partition coefficient (Wildman–Crippen LogP) is 2.24. The van der Waals surface area contributed by atoms with Gasteiger partial charge in [0.1, 0.15) is 17.1 Å². The lowest BCUT2D eigenvalue weighted by atomic mass is 10.1. The summed E-state index contributed by atoms with van der Waals surface area (Å²) in [7, 11) is 0. The molecule has 0 fully saturated rings. The zero-order valence-electron chi connectivity index (χ0n) is 11.0. The molecule has 0 spiro atoms. The first-order valence-corrected chi connectivity index (χ1v) is 6.00. The Labute approximate surface area is 107 Å². The quantitative estimate of drug-likeness (QED) is 0.622. The molecule has 0 amide bonds. The minimum atomic E-state index is -0.448. The summed E-state index contributed by atoms with van der Waals surface area (Å²) in [4.78, 5) is 11.8. The number of hydrogen-bond acceptors (Lipinski definition) is 5. The van der Waals surface area contributed by atoms with Gasteiger partial charge in [-0.15, -0.1) is 0 Å². The number of benzene rings is 1. The van der Waals surface area contributed by atoms with Crippen LogP contribution in [0.4, 0.5) is 5.69 Å². The largest absolute Gasteiger partial charge is 0.493 e. The van der Waals surface area contributed by atoms with Crippen LogP contribution in [0.15, 0.2) is 12.1 Å². The molecule has 0 aliphatic rings. The lowest BCUT2D eigenvalue weighted by molar-refractivity contribution is 0.0522. The molecule has 0 saturated carbocycles. The Hall–Kier alpha value is -1.91. The molecule has 0 aromatic heterocycles. The highest BCUT2D eigenvalue weighted by molar-refractivity contribution is 5.94. The van der Waals surface area contributed by atoms with E-state index in [1.165, 1.54) is 6.07 Å². The SMILES string of the molecule is CCOC(=O)c1cc(N)c(OCC)cc1OCC. The van der Waals surface area contributed by atoms with E-state index >= 15 is 0 Å². The van der Waals surface area contributed by atoms with E-state index in [9.17, 15) is 4.79 Å². The summed E-state index contributed by atoms with van der Waals surface area (Å²) in [5, 5.41) is 0. The summed E-state index contributed by atoms with van der Waals surface area (Å²) in [5.41, 5.74) is 6.53. The molecule has 1 aromatic carbocycles. The van der Waals surface area contributed by atoms with Crippen LogP contribution in [-0.2, 0) is 4.74 Å². The molecule has 1 rings (SSSR count). The van der Waals surface area contributed by atoms with E-state index in [2.05, 4.69) is 0 Å². The molecule has 0 atom stereocenters. The summed E-state index contributed by atoms with van der Waals surface area (Å²) in [5.74, 6) is 0.485. The number of carbonyl (C=O) groups excluding carboxylic acids is 1. The van der Waals surface area contributed by atoms with Crippen LogP contribution < -0.4 is 15.2 Å². The topological polar surface area (TPSA) is 70.8 Å². The van der Waals surface area contributed by atoms with Crippen molar-refractivity contribution in [1.82, 2.24) is 0 Å². The molecular weight excluding hydrogens is 234 g/mol. The second kappa shape index (κ2) is 6.74. The molecule has 0 heterocycles. The second-order valence-corrected chi connectivity index (χ2v) is 3.47. The summed E-state index contributed by atoms with van der Waals surface area (Å²) in [6.07, 6.45) is 0. The van der Waals surface area contributed by atoms with Gasteiger partial charge in [0, 0.05) is 6.07 Å². The van der Waals surface area contributed by atoms with Crippen LogP contribution in [0.3, 0.4) is 0 Å². The monoisotopic (exact) mass is 253 g/mol. The molecule has 0 aliphatic carbocycles. The number of carbonyl (C=O) groups is 1. The summed E-state index contributed by atoms with van der Waals surface area (Å²) >= 11 is 0. The first-order valence-electron chi connectivity index (χ1n) is 6.00. The Morgan fingerprint density at radius 3 is 2.22 bits per heavy atom. The molecule has 18 heavy (non-hydrogen) atoms. The number of rotatable bonds is 6. The van der Waals surface area contributed by atoms with Crippen molar-refractivity contribution in [1.29, 1.82) is 0 Å². The average Bonchev–Trinajstić information content (AvgIpc) is 2.34. The van der Waals surface area contributed by atoms with Gasteiger partial charge in [-0.05, 0) is 26.8 Å². The first-order chi connectivity index (χ1) is 8.63. The van der Waals surface area contributed by atoms with Gasteiger partial charge in [-0.1, -0.05) is 0 Å². The van der Waals surface area contributed by atoms with E-state index in [1.807, 2.05) is 13.8 Å². The van der Waals surface area contributed by atoms with Gasteiger partial charge >= 0.3 is 5.97 Å². The van der Waals surface area contributed by atoms with Gasteiger partial charge in [-0.2, -0.15) is 0 Å². The molecule has 2 N–H and O–H groups in total. The van der Waals surface area contributed by atoms with E-state index in [0.29, 0.717) is 42.6 Å². The zero-order valence-corrected chi connectivity index (χ0v) is 11.0. The van der Waals surface area contributed by atoms with Crippen LogP contribution in [0.25, 0.3) is 0 Å². The van der Waals surface area contributed by atoms with Crippen molar-refractivity contribution >= 4 is 11.7 Å². The highest BCUT2D eigenvalue weighted by atomic mass is 16.5. The molecule has 5 heteroatoms. The first kappa shape index (κ1) is 14.2. The predicted molar refractivity (Wildman–Crippen MR) is 69.1 cm³/mol. The second-order valence-electron chi connectivity index (χ2n) is 3.47. The van der Waals surface area contributed by atoms with Gasteiger partial charge in [0.2, 0.25) is 0 Å². The third kappa shape index (κ3) is 3.29. The minimum absolute atomic E-state index is 0.303. The van der Waals surface area contributed by atoms with E-state index < -0.39 is 5.97 Å². The fourth-order valence-electron chi connectivity index (χ4n) is 1.50. The number of ether oxygens (including phenoxy) is 3. The third-order valence-electron chi connectivity index (χ3n) is 2.21. The molecule has 0 aliphatic heterocycles. The number of hydrogen-bond donors (Lipinski definition) is 1. The number of anilines is 1. The average molecular weight is 253 g/mol. The molecule has 0 saturated heterocycles. The van der Waals surface area contributed by atoms with Crippen LogP contribution in [-0.4, -0.2) is 25.8 Å². The molecule has 5 nitrogen and oxygen atoms in total. The maximum Gasteiger partial charge on any atom is 0.341 e. The van der Waals surface area contributed by atoms with Crippen molar-refractivity contribution in [3.63, 3.8) is 0 Å². The number of esters is 1. The maximum atomic E-state index is 11.8. The van der Waals surface area contributed by atoms with Gasteiger partial charge < -0.3 is 19.9 Å². The molecule has 100 valence electrons. The number of nitrogen functional groups attached to an aromatic ring is 1. The zero-order chi connectivity index (χ0) is 13.5. The summed E-state index contributed by atoms with van der Waals surface area (Å²) in [6, 6.07) is 3.14. The molecule has 1 aromatic rings. The normalized spacial score (nSPS) is 9.94. The van der Waals surface area contributed by atoms with Gasteiger partial charge in [0.05, 0.1) is 25.5 Å². The lowest BCUT2D eigenvalue weighted by Crippen LogP contribution is -2.09. The van der Waals surface area contributed by atoms with Crippen molar-refractivity contribution in [3.05, 3.63) is 17.7 Å². The van der Waals surface area contributed by atoms with Crippen molar-refractivity contribution < 1.29 is 19.0 Å². The fraction of sp³-hybridized carbons (Fsp3) is 0.462. The Kier molecular flexibility index (Phi) is 5.30. The summed E-state index contributed by atoms with van der Waals surface area (Å²) < 4.78 is 15.7. The van der Waals surface area contributed by atoms with E-state index in [-0.39, 0.29) is 0 Å². The van der Waals surface area contributed by atoms with Crippen LogP contribution in [0.1, 0.15) is 31.1 Å². The Morgan fingerprint density at radius 1 is 1.06 bits per heavy atom. The van der Waals surface area contributed by atoms with E-state index in [0.717, 1.165) is 0 Å². The van der Waals surface area contributed by atoms with Crippen molar-refractivity contribution in [2.24, 2.45) is 0 Å². The van der Waals surface area contributed by atoms with Crippen LogP contribution in [0.5, 0.6) is 11.5 Å². The molecule has 0 radical (unpaired) electrons. The van der Waals surface area contributed by atoms with Crippen LogP contribution in [0, 0.1) is 0 Å². The maximum absolute atomic E-state index is 11.8.